The molecule has 0 amide bonds. The summed E-state index contributed by atoms with van der Waals surface area (Å²) < 4.78 is 10.6. The summed E-state index contributed by atoms with van der Waals surface area (Å²) in [5.74, 6) is 0.790. The summed E-state index contributed by atoms with van der Waals surface area (Å²) in [5.41, 5.74) is 0.379. The molecule has 3 N–H and O–H groups in total. The first-order valence-corrected chi connectivity index (χ1v) is 5.82. The molecule has 0 spiro atoms. The highest BCUT2D eigenvalue weighted by molar-refractivity contribution is 9.10. The second-order valence-corrected chi connectivity index (χ2v) is 4.23. The highest BCUT2D eigenvalue weighted by atomic mass is 79.9. The lowest BCUT2D eigenvalue weighted by atomic mass is 10.1. The molecule has 0 aliphatic carbocycles. The summed E-state index contributed by atoms with van der Waals surface area (Å²) in [6, 6.07) is 1.56. The minimum atomic E-state index is -0.823. The number of methoxy groups -OCH3 is 2. The van der Waals surface area contributed by atoms with Crippen molar-refractivity contribution in [1.82, 2.24) is 5.32 Å². The number of benzene rings is 1. The fourth-order valence-electron chi connectivity index (χ4n) is 1.52. The van der Waals surface area contributed by atoms with E-state index in [0.717, 1.165) is 0 Å². The molecule has 6 heteroatoms. The Kier molecular flexibility index (Phi) is 5.04. The Morgan fingerprint density at radius 2 is 2.06 bits per heavy atom. The first-order chi connectivity index (χ1) is 8.06. The molecule has 96 valence electrons. The SMILES string of the molecule is CNCC(O)c1cc(OC)c(OC)c(Br)c1O. The summed E-state index contributed by atoms with van der Waals surface area (Å²) in [6.07, 6.45) is -0.823. The summed E-state index contributed by atoms with van der Waals surface area (Å²) in [7, 11) is 4.69. The third-order valence-electron chi connectivity index (χ3n) is 2.37. The molecule has 0 heterocycles. The van der Waals surface area contributed by atoms with Crippen molar-refractivity contribution in [3.05, 3.63) is 16.1 Å². The average molecular weight is 306 g/mol. The van der Waals surface area contributed by atoms with E-state index in [9.17, 15) is 10.2 Å². The van der Waals surface area contributed by atoms with E-state index in [2.05, 4.69) is 21.2 Å². The number of phenols is 1. The monoisotopic (exact) mass is 305 g/mol. The van der Waals surface area contributed by atoms with Crippen LogP contribution in [0, 0.1) is 0 Å². The number of ether oxygens (including phenoxy) is 2. The van der Waals surface area contributed by atoms with Gasteiger partial charge in [-0.3, -0.25) is 0 Å². The van der Waals surface area contributed by atoms with Gasteiger partial charge in [-0.25, -0.2) is 0 Å². The molecule has 1 atom stereocenters. The van der Waals surface area contributed by atoms with Crippen LogP contribution in [-0.4, -0.2) is 38.0 Å². The Morgan fingerprint density at radius 3 is 2.53 bits per heavy atom. The number of aromatic hydroxyl groups is 1. The molecule has 0 bridgehead atoms. The van der Waals surface area contributed by atoms with Crippen LogP contribution >= 0.6 is 15.9 Å². The summed E-state index contributed by atoms with van der Waals surface area (Å²) >= 11 is 3.22. The minimum absolute atomic E-state index is 0.0506. The topological polar surface area (TPSA) is 71.0 Å². The van der Waals surface area contributed by atoms with Crippen LogP contribution in [0.3, 0.4) is 0 Å². The van der Waals surface area contributed by atoms with Crippen molar-refractivity contribution in [2.24, 2.45) is 0 Å². The number of rotatable bonds is 5. The van der Waals surface area contributed by atoms with Crippen LogP contribution in [0.2, 0.25) is 0 Å². The lowest BCUT2D eigenvalue weighted by Gasteiger charge is -2.17. The van der Waals surface area contributed by atoms with E-state index in [1.54, 1.807) is 13.1 Å². The number of aliphatic hydroxyl groups excluding tert-OH is 1. The maximum atomic E-state index is 9.96. The maximum Gasteiger partial charge on any atom is 0.178 e. The zero-order valence-corrected chi connectivity index (χ0v) is 11.5. The molecular formula is C11H16BrNO4. The van der Waals surface area contributed by atoms with Gasteiger partial charge in [0.1, 0.15) is 10.2 Å². The molecular weight excluding hydrogens is 290 g/mol. The second kappa shape index (κ2) is 6.09. The van der Waals surface area contributed by atoms with Gasteiger partial charge in [-0.15, -0.1) is 0 Å². The molecule has 1 aromatic rings. The van der Waals surface area contributed by atoms with E-state index in [1.165, 1.54) is 14.2 Å². The van der Waals surface area contributed by atoms with Gasteiger partial charge in [-0.2, -0.15) is 0 Å². The number of hydrogen-bond acceptors (Lipinski definition) is 5. The molecule has 0 aliphatic rings. The van der Waals surface area contributed by atoms with Crippen molar-refractivity contribution in [3.8, 4) is 17.2 Å². The third kappa shape index (κ3) is 2.83. The molecule has 17 heavy (non-hydrogen) atoms. The Balaban J connectivity index is 3.28. The zero-order chi connectivity index (χ0) is 13.0. The molecule has 0 radical (unpaired) electrons. The van der Waals surface area contributed by atoms with Gasteiger partial charge in [0, 0.05) is 12.1 Å². The Morgan fingerprint density at radius 1 is 1.41 bits per heavy atom. The van der Waals surface area contributed by atoms with Gasteiger partial charge in [0.05, 0.1) is 20.3 Å². The number of nitrogens with one attached hydrogen (secondary N) is 1. The first kappa shape index (κ1) is 14.1. The first-order valence-electron chi connectivity index (χ1n) is 5.02. The summed E-state index contributed by atoms with van der Waals surface area (Å²) in [6.45, 7) is 0.329. The zero-order valence-electron chi connectivity index (χ0n) is 9.95. The van der Waals surface area contributed by atoms with Gasteiger partial charge < -0.3 is 25.0 Å². The van der Waals surface area contributed by atoms with E-state index in [1.807, 2.05) is 0 Å². The van der Waals surface area contributed by atoms with Crippen LogP contribution in [0.1, 0.15) is 11.7 Å². The molecule has 0 saturated carbocycles. The minimum Gasteiger partial charge on any atom is -0.506 e. The van der Waals surface area contributed by atoms with Gasteiger partial charge in [-0.05, 0) is 29.0 Å². The fourth-order valence-corrected chi connectivity index (χ4v) is 2.10. The van der Waals surface area contributed by atoms with E-state index >= 15 is 0 Å². The van der Waals surface area contributed by atoms with Gasteiger partial charge in [0.15, 0.2) is 11.5 Å². The molecule has 0 fully saturated rings. The molecule has 1 rings (SSSR count). The van der Waals surface area contributed by atoms with Gasteiger partial charge >= 0.3 is 0 Å². The molecule has 0 saturated heterocycles. The number of phenolic OH excluding ortho intramolecular Hbond substituents is 1. The van der Waals surface area contributed by atoms with Crippen molar-refractivity contribution in [2.45, 2.75) is 6.10 Å². The predicted molar refractivity (Wildman–Crippen MR) is 67.8 cm³/mol. The maximum absolute atomic E-state index is 9.96. The van der Waals surface area contributed by atoms with Crippen LogP contribution in [-0.2, 0) is 0 Å². The van der Waals surface area contributed by atoms with E-state index in [4.69, 9.17) is 9.47 Å². The quantitative estimate of drug-likeness (QED) is 0.767. The molecule has 1 aromatic carbocycles. The molecule has 0 aliphatic heterocycles. The number of aliphatic hydroxyl groups is 1. The predicted octanol–water partition coefficient (Wildman–Crippen LogP) is 1.42. The van der Waals surface area contributed by atoms with Crippen molar-refractivity contribution in [2.75, 3.05) is 27.8 Å². The van der Waals surface area contributed by atoms with E-state index in [-0.39, 0.29) is 5.75 Å². The van der Waals surface area contributed by atoms with Gasteiger partial charge in [0.25, 0.3) is 0 Å². The van der Waals surface area contributed by atoms with Crippen molar-refractivity contribution in [1.29, 1.82) is 0 Å². The number of likely N-dealkylation sites (N-methyl/N-ethyl adjacent to an activating group) is 1. The highest BCUT2D eigenvalue weighted by Gasteiger charge is 2.21. The Hall–Kier alpha value is -0.980. The smallest absolute Gasteiger partial charge is 0.178 e. The Labute approximate surface area is 108 Å². The van der Waals surface area contributed by atoms with Crippen molar-refractivity contribution >= 4 is 15.9 Å². The number of hydrogen-bond donors (Lipinski definition) is 3. The lowest BCUT2D eigenvalue weighted by molar-refractivity contribution is 0.173. The standard InChI is InChI=1S/C11H16BrNO4/c1-13-5-7(14)6-4-8(16-2)11(17-3)9(12)10(6)15/h4,7,13-15H,5H2,1-3H3. The Bertz CT molecular complexity index is 398. The lowest BCUT2D eigenvalue weighted by Crippen LogP contribution is -2.17. The average Bonchev–Trinajstić information content (AvgIpc) is 2.32. The van der Waals surface area contributed by atoms with Crippen LogP contribution in [0.5, 0.6) is 17.2 Å². The van der Waals surface area contributed by atoms with Gasteiger partial charge in [0.2, 0.25) is 0 Å². The molecule has 1 unspecified atom stereocenters. The van der Waals surface area contributed by atoms with Gasteiger partial charge in [-0.1, -0.05) is 0 Å². The fraction of sp³-hybridized carbons (Fsp3) is 0.455. The molecule has 5 nitrogen and oxygen atoms in total. The summed E-state index contributed by atoms with van der Waals surface area (Å²) in [4.78, 5) is 0. The largest absolute Gasteiger partial charge is 0.506 e. The van der Waals surface area contributed by atoms with E-state index < -0.39 is 6.10 Å². The van der Waals surface area contributed by atoms with Crippen molar-refractivity contribution in [3.63, 3.8) is 0 Å². The van der Waals surface area contributed by atoms with Crippen molar-refractivity contribution < 1.29 is 19.7 Å². The van der Waals surface area contributed by atoms with Crippen LogP contribution in [0.4, 0.5) is 0 Å². The number of halogens is 1. The molecule has 0 aromatic heterocycles. The third-order valence-corrected chi connectivity index (χ3v) is 3.11. The van der Waals surface area contributed by atoms with Crippen LogP contribution < -0.4 is 14.8 Å². The highest BCUT2D eigenvalue weighted by Crippen LogP contribution is 2.45. The normalized spacial score (nSPS) is 12.3. The van der Waals surface area contributed by atoms with Crippen LogP contribution in [0.15, 0.2) is 10.5 Å². The summed E-state index contributed by atoms with van der Waals surface area (Å²) in [5, 5.41) is 22.7. The van der Waals surface area contributed by atoms with E-state index in [0.29, 0.717) is 28.1 Å². The van der Waals surface area contributed by atoms with Crippen LogP contribution in [0.25, 0.3) is 0 Å². The second-order valence-electron chi connectivity index (χ2n) is 3.44.